The smallest absolute Gasteiger partial charge is 0.251 e. The fourth-order valence-corrected chi connectivity index (χ4v) is 1.73. The van der Waals surface area contributed by atoms with Crippen molar-refractivity contribution in [2.75, 3.05) is 0 Å². The quantitative estimate of drug-likeness (QED) is 0.876. The molecule has 88 valence electrons. The van der Waals surface area contributed by atoms with Crippen LogP contribution in [0.4, 0.5) is 0 Å². The van der Waals surface area contributed by atoms with Crippen molar-refractivity contribution in [3.63, 3.8) is 0 Å². The molecule has 17 heavy (non-hydrogen) atoms. The van der Waals surface area contributed by atoms with Crippen LogP contribution in [-0.2, 0) is 6.42 Å². The number of pyridine rings is 1. The molecule has 0 unspecified atom stereocenters. The van der Waals surface area contributed by atoms with E-state index >= 15 is 0 Å². The van der Waals surface area contributed by atoms with Gasteiger partial charge in [0.1, 0.15) is 5.82 Å². The van der Waals surface area contributed by atoms with Crippen molar-refractivity contribution in [2.24, 2.45) is 0 Å². The van der Waals surface area contributed by atoms with Crippen LogP contribution >= 0.6 is 0 Å². The van der Waals surface area contributed by atoms with Crippen LogP contribution in [0.15, 0.2) is 29.3 Å². The van der Waals surface area contributed by atoms with Gasteiger partial charge in [-0.1, -0.05) is 6.92 Å². The van der Waals surface area contributed by atoms with Gasteiger partial charge in [-0.3, -0.25) is 9.78 Å². The molecule has 0 saturated carbocycles. The molecule has 0 bridgehead atoms. The third kappa shape index (κ3) is 2.58. The number of nitrogens with zero attached hydrogens (tertiary/aromatic N) is 2. The molecule has 0 saturated heterocycles. The molecule has 0 radical (unpaired) electrons. The third-order valence-corrected chi connectivity index (χ3v) is 2.59. The second kappa shape index (κ2) is 4.91. The Labute approximate surface area is 99.8 Å². The highest BCUT2D eigenvalue weighted by Crippen LogP contribution is 2.18. The van der Waals surface area contributed by atoms with Crippen LogP contribution in [0.2, 0.25) is 0 Å². The SMILES string of the molecule is CCCc1nc(-c2cnccc2C)cc(=O)[nH]1. The molecule has 0 atom stereocenters. The predicted molar refractivity (Wildman–Crippen MR) is 66.8 cm³/mol. The van der Waals surface area contributed by atoms with Crippen LogP contribution in [0.3, 0.4) is 0 Å². The van der Waals surface area contributed by atoms with Crippen molar-refractivity contribution < 1.29 is 0 Å². The molecule has 2 rings (SSSR count). The number of aryl methyl sites for hydroxylation is 2. The van der Waals surface area contributed by atoms with Gasteiger partial charge in [0.05, 0.1) is 5.69 Å². The van der Waals surface area contributed by atoms with Gasteiger partial charge in [0, 0.05) is 30.4 Å². The largest absolute Gasteiger partial charge is 0.311 e. The predicted octanol–water partition coefficient (Wildman–Crippen LogP) is 2.09. The minimum Gasteiger partial charge on any atom is -0.311 e. The fourth-order valence-electron chi connectivity index (χ4n) is 1.73. The maximum Gasteiger partial charge on any atom is 0.251 e. The van der Waals surface area contributed by atoms with Gasteiger partial charge in [-0.05, 0) is 25.0 Å². The molecule has 2 aromatic heterocycles. The standard InChI is InChI=1S/C13H15N3O/c1-3-4-12-15-11(7-13(17)16-12)10-8-14-6-5-9(10)2/h5-8H,3-4H2,1-2H3,(H,15,16,17). The molecule has 2 heterocycles. The number of aromatic amines is 1. The lowest BCUT2D eigenvalue weighted by molar-refractivity contribution is 0.827. The summed E-state index contributed by atoms with van der Waals surface area (Å²) in [6, 6.07) is 3.43. The van der Waals surface area contributed by atoms with Crippen LogP contribution in [0.1, 0.15) is 24.7 Å². The Hall–Kier alpha value is -1.97. The Morgan fingerprint density at radius 3 is 2.94 bits per heavy atom. The number of rotatable bonds is 3. The summed E-state index contributed by atoms with van der Waals surface area (Å²) in [5, 5.41) is 0. The Morgan fingerprint density at radius 2 is 2.24 bits per heavy atom. The van der Waals surface area contributed by atoms with E-state index in [9.17, 15) is 4.79 Å². The highest BCUT2D eigenvalue weighted by Gasteiger charge is 2.06. The van der Waals surface area contributed by atoms with Gasteiger partial charge in [-0.2, -0.15) is 0 Å². The van der Waals surface area contributed by atoms with Crippen molar-refractivity contribution in [1.29, 1.82) is 0 Å². The van der Waals surface area contributed by atoms with E-state index in [1.165, 1.54) is 6.07 Å². The summed E-state index contributed by atoms with van der Waals surface area (Å²) in [7, 11) is 0. The van der Waals surface area contributed by atoms with Crippen molar-refractivity contribution >= 4 is 0 Å². The van der Waals surface area contributed by atoms with Crippen LogP contribution < -0.4 is 5.56 Å². The number of hydrogen-bond donors (Lipinski definition) is 1. The molecule has 0 aliphatic heterocycles. The van der Waals surface area contributed by atoms with E-state index in [0.717, 1.165) is 29.8 Å². The number of hydrogen-bond acceptors (Lipinski definition) is 3. The lowest BCUT2D eigenvalue weighted by atomic mass is 10.1. The fraction of sp³-hybridized carbons (Fsp3) is 0.308. The van der Waals surface area contributed by atoms with Crippen LogP contribution in [0.5, 0.6) is 0 Å². The Balaban J connectivity index is 2.52. The van der Waals surface area contributed by atoms with E-state index in [1.807, 2.05) is 13.0 Å². The third-order valence-electron chi connectivity index (χ3n) is 2.59. The Kier molecular flexibility index (Phi) is 3.32. The minimum atomic E-state index is -0.110. The van der Waals surface area contributed by atoms with E-state index in [0.29, 0.717) is 5.69 Å². The number of nitrogens with one attached hydrogen (secondary N) is 1. The molecule has 4 nitrogen and oxygen atoms in total. The molecule has 2 aromatic rings. The number of aromatic nitrogens is 3. The summed E-state index contributed by atoms with van der Waals surface area (Å²) in [4.78, 5) is 22.8. The maximum absolute atomic E-state index is 11.6. The van der Waals surface area contributed by atoms with E-state index in [2.05, 4.69) is 21.9 Å². The van der Waals surface area contributed by atoms with Crippen molar-refractivity contribution in [2.45, 2.75) is 26.7 Å². The first-order chi connectivity index (χ1) is 8.20. The molecule has 0 spiro atoms. The summed E-state index contributed by atoms with van der Waals surface area (Å²) in [5.41, 5.74) is 2.57. The summed E-state index contributed by atoms with van der Waals surface area (Å²) in [5.74, 6) is 0.734. The molecule has 0 amide bonds. The molecule has 0 aromatic carbocycles. The van der Waals surface area contributed by atoms with E-state index < -0.39 is 0 Å². The monoisotopic (exact) mass is 229 g/mol. The van der Waals surface area contributed by atoms with E-state index in [1.54, 1.807) is 12.4 Å². The molecular formula is C13H15N3O. The molecule has 0 aliphatic rings. The lowest BCUT2D eigenvalue weighted by Crippen LogP contribution is -2.11. The van der Waals surface area contributed by atoms with E-state index in [4.69, 9.17) is 0 Å². The summed E-state index contributed by atoms with van der Waals surface area (Å²) in [6.07, 6.45) is 5.21. The molecule has 0 fully saturated rings. The van der Waals surface area contributed by atoms with Gasteiger partial charge < -0.3 is 4.98 Å². The van der Waals surface area contributed by atoms with E-state index in [-0.39, 0.29) is 5.56 Å². The van der Waals surface area contributed by atoms with Gasteiger partial charge in [0.15, 0.2) is 0 Å². The van der Waals surface area contributed by atoms with Gasteiger partial charge in [0.2, 0.25) is 0 Å². The summed E-state index contributed by atoms with van der Waals surface area (Å²) in [6.45, 7) is 4.04. The number of H-pyrrole nitrogens is 1. The molecule has 0 aliphatic carbocycles. The summed E-state index contributed by atoms with van der Waals surface area (Å²) < 4.78 is 0. The second-order valence-corrected chi connectivity index (χ2v) is 4.02. The molecule has 1 N–H and O–H groups in total. The van der Waals surface area contributed by atoms with Gasteiger partial charge in [-0.15, -0.1) is 0 Å². The Bertz CT molecular complexity index is 575. The average molecular weight is 229 g/mol. The van der Waals surface area contributed by atoms with Crippen molar-refractivity contribution in [1.82, 2.24) is 15.0 Å². The second-order valence-electron chi connectivity index (χ2n) is 4.02. The van der Waals surface area contributed by atoms with Gasteiger partial charge in [-0.25, -0.2) is 4.98 Å². The zero-order valence-electron chi connectivity index (χ0n) is 10.0. The first-order valence-corrected chi connectivity index (χ1v) is 5.72. The average Bonchev–Trinajstić information content (AvgIpc) is 2.29. The zero-order valence-corrected chi connectivity index (χ0v) is 10.0. The topological polar surface area (TPSA) is 58.6 Å². The zero-order chi connectivity index (χ0) is 12.3. The van der Waals surface area contributed by atoms with Crippen LogP contribution in [0, 0.1) is 6.92 Å². The highest BCUT2D eigenvalue weighted by molar-refractivity contribution is 5.61. The lowest BCUT2D eigenvalue weighted by Gasteiger charge is -2.05. The Morgan fingerprint density at radius 1 is 1.41 bits per heavy atom. The van der Waals surface area contributed by atoms with Crippen molar-refractivity contribution in [3.05, 3.63) is 46.3 Å². The summed E-state index contributed by atoms with van der Waals surface area (Å²) >= 11 is 0. The van der Waals surface area contributed by atoms with Crippen LogP contribution in [0.25, 0.3) is 11.3 Å². The minimum absolute atomic E-state index is 0.110. The first-order valence-electron chi connectivity index (χ1n) is 5.72. The van der Waals surface area contributed by atoms with Gasteiger partial charge in [0.25, 0.3) is 5.56 Å². The highest BCUT2D eigenvalue weighted by atomic mass is 16.1. The normalized spacial score (nSPS) is 10.5. The maximum atomic E-state index is 11.6. The van der Waals surface area contributed by atoms with Gasteiger partial charge >= 0.3 is 0 Å². The molecular weight excluding hydrogens is 214 g/mol. The van der Waals surface area contributed by atoms with Crippen LogP contribution in [-0.4, -0.2) is 15.0 Å². The molecule has 4 heteroatoms. The first kappa shape index (κ1) is 11.5. The van der Waals surface area contributed by atoms with Crippen molar-refractivity contribution in [3.8, 4) is 11.3 Å².